The van der Waals surface area contributed by atoms with Crippen molar-refractivity contribution in [1.82, 2.24) is 16.0 Å². The summed E-state index contributed by atoms with van der Waals surface area (Å²) in [5.41, 5.74) is 17.5. The third-order valence-electron chi connectivity index (χ3n) is 22.3. The van der Waals surface area contributed by atoms with Crippen molar-refractivity contribution in [2.24, 2.45) is 70.3 Å². The lowest BCUT2D eigenvalue weighted by atomic mass is 9.76. The van der Waals surface area contributed by atoms with E-state index in [0.29, 0.717) is 43.1 Å². The van der Waals surface area contributed by atoms with E-state index in [9.17, 15) is 49.2 Å². The van der Waals surface area contributed by atoms with Crippen molar-refractivity contribution in [3.8, 4) is 0 Å². The van der Waals surface area contributed by atoms with Gasteiger partial charge >= 0.3 is 12.0 Å². The molecule has 10 rings (SSSR count). The van der Waals surface area contributed by atoms with E-state index in [1.165, 1.54) is 38.5 Å². The Morgan fingerprint density at radius 1 is 0.473 bits per heavy atom. The molecule has 2 aliphatic heterocycles. The summed E-state index contributed by atoms with van der Waals surface area (Å²) in [5.74, 6) is 4.33. The van der Waals surface area contributed by atoms with E-state index in [1.807, 2.05) is 0 Å². The average Bonchev–Trinajstić information content (AvgIpc) is 3.09. The standard InChI is InChI=1S/C10H17NO.C9H14N2O2.C9H17NO2.C9H15NO.C9H16O3.C8H16N2O.C8H17NO.C8H16O2/c1-8-2-5-10(6-3-8)7-4-9(12)11-10;1-6-2-4-9(5-3-6)7(12)10-8(13)11-9;1-7-2-4-9(12,5-3-7)6-8(10)11;1-8-3-5-9(11,6-4-8)7-10-2;1-7-2-4-9(12,5-3-7)6-8(10)11;1-6-2-4-8(10,5-3-6)7(9)11;1-7-2-4-8(9,6-10)5-3-7;1-7-2-4-8(10,6-9)5-3-7/h8H,2-7H2,1H3,(H,11,12);6H,2-5H2,1H3,(H2,10,11,12,13);7,12H,2-6H2,1H3,(H2,10,11);8,11H,3-7H2,1H3;7,12H,2-6H2,1H3,(H,10,11);6H,2-5,10H2,1H3,(H2,9,11);7,10H,2-6,9H2,1H3;7,9-10H,2-6H2,1H3. The largest absolute Gasteiger partial charge is 0.481 e. The lowest BCUT2D eigenvalue weighted by Gasteiger charge is -2.35. The number of carboxylic acid groups (broad SMARTS) is 1. The third kappa shape index (κ3) is 29.3. The van der Waals surface area contributed by atoms with E-state index in [0.717, 1.165) is 191 Å². The van der Waals surface area contributed by atoms with E-state index < -0.39 is 45.4 Å². The number of nitrogens with one attached hydrogen (secondary N) is 3. The summed E-state index contributed by atoms with van der Waals surface area (Å²) in [7, 11) is 0. The van der Waals surface area contributed by atoms with Crippen LogP contribution in [0.5, 0.6) is 0 Å². The average molecular weight is 1290 g/mol. The normalized spacial score (nSPS) is 39.1. The van der Waals surface area contributed by atoms with Crippen LogP contribution in [0.25, 0.3) is 4.85 Å². The second kappa shape index (κ2) is 37.3. The molecule has 0 aromatic heterocycles. The molecule has 0 bridgehead atoms. The molecule has 2 heterocycles. The fourth-order valence-corrected chi connectivity index (χ4v) is 14.2. The number of aliphatic hydroxyl groups is 6. The van der Waals surface area contributed by atoms with Gasteiger partial charge in [0.2, 0.25) is 24.3 Å². The number of aliphatic hydroxyl groups excluding tert-OH is 2. The molecule has 0 unspecified atom stereocenters. The van der Waals surface area contributed by atoms with Gasteiger partial charge in [-0.2, -0.15) is 0 Å². The summed E-state index contributed by atoms with van der Waals surface area (Å²) >= 11 is 0. The van der Waals surface area contributed by atoms with Crippen molar-refractivity contribution in [3.05, 3.63) is 11.4 Å². The van der Waals surface area contributed by atoms with E-state index >= 15 is 0 Å². The number of aliphatic carboxylic acids is 1. The fourth-order valence-electron chi connectivity index (χ4n) is 14.2. The molecule has 10 fully saturated rings. The summed E-state index contributed by atoms with van der Waals surface area (Å²) < 4.78 is 0. The van der Waals surface area contributed by atoms with Crippen LogP contribution in [-0.4, -0.2) is 136 Å². The fraction of sp³-hybridized carbons (Fsp3) is 0.900. The molecule has 10 aliphatic rings. The number of amides is 6. The number of carboxylic acids is 1. The number of carbonyl (C=O) groups is 6. The molecular weight excluding hydrogens is 1160 g/mol. The van der Waals surface area contributed by atoms with Crippen LogP contribution in [0.15, 0.2) is 0 Å². The van der Waals surface area contributed by atoms with Gasteiger partial charge in [0, 0.05) is 17.5 Å². The summed E-state index contributed by atoms with van der Waals surface area (Å²) in [5, 5.41) is 73.4. The second-order valence-electron chi connectivity index (χ2n) is 31.4. The maximum absolute atomic E-state index is 11.5. The minimum atomic E-state index is -0.918. The van der Waals surface area contributed by atoms with Crippen LogP contribution >= 0.6 is 0 Å². The molecule has 0 atom stereocenters. The Morgan fingerprint density at radius 2 is 0.813 bits per heavy atom. The first-order valence-corrected chi connectivity index (χ1v) is 35.2. The number of hydrogen-bond donors (Lipinski definition) is 14. The van der Waals surface area contributed by atoms with E-state index in [4.69, 9.17) is 44.8 Å². The van der Waals surface area contributed by atoms with Gasteiger partial charge in [0.05, 0.1) is 48.4 Å². The zero-order valence-electron chi connectivity index (χ0n) is 57.5. The van der Waals surface area contributed by atoms with Gasteiger partial charge in [0.25, 0.3) is 5.91 Å². The molecule has 21 nitrogen and oxygen atoms in total. The van der Waals surface area contributed by atoms with Gasteiger partial charge in [-0.3, -0.25) is 29.3 Å². The maximum atomic E-state index is 11.5. The Labute approximate surface area is 546 Å². The topological polar surface area (TPSA) is 389 Å². The zero-order chi connectivity index (χ0) is 68.5. The van der Waals surface area contributed by atoms with Crippen LogP contribution in [0.3, 0.4) is 0 Å². The van der Waals surface area contributed by atoms with E-state index in [-0.39, 0.29) is 60.9 Å². The summed E-state index contributed by atoms with van der Waals surface area (Å²) in [6.07, 6.45) is 32.4. The number of rotatable bonds is 8. The van der Waals surface area contributed by atoms with Crippen LogP contribution in [0.4, 0.5) is 4.79 Å². The van der Waals surface area contributed by atoms with Gasteiger partial charge in [-0.15, -0.1) is 0 Å². The lowest BCUT2D eigenvalue weighted by molar-refractivity contribution is -0.144. The third-order valence-corrected chi connectivity index (χ3v) is 22.3. The predicted octanol–water partition coefficient (Wildman–Crippen LogP) is 8.86. The van der Waals surface area contributed by atoms with Gasteiger partial charge < -0.3 is 74.2 Å². The molecule has 91 heavy (non-hydrogen) atoms. The first-order chi connectivity index (χ1) is 42.4. The van der Waals surface area contributed by atoms with Crippen molar-refractivity contribution in [3.63, 3.8) is 0 Å². The molecule has 0 aromatic carbocycles. The Kier molecular flexibility index (Phi) is 33.3. The Bertz CT molecular complexity index is 2180. The second-order valence-corrected chi connectivity index (χ2v) is 31.4. The maximum Gasteiger partial charge on any atom is 0.322 e. The number of hydrogen-bond acceptors (Lipinski definition) is 14. The lowest BCUT2D eigenvalue weighted by Crippen LogP contribution is -2.53. The SMILES string of the molecule is CC1CCC(N)(C(N)=O)CC1.CC1CCC(N)(CO)CC1.CC1CCC(O)(CC(=O)O)CC1.CC1CCC(O)(CC(N)=O)CC1.CC1CCC(O)(CO)CC1.CC1CCC2(CC1)NC(=O)NC2=O.CC1CCC2(CCC(=O)N2)CC1.[C-]#[N+]CC1(O)CCC(C)CC1. The number of imide groups is 1. The molecule has 526 valence electrons. The molecule has 21 heteroatoms. The van der Waals surface area contributed by atoms with Gasteiger partial charge in [0.1, 0.15) is 11.1 Å². The van der Waals surface area contributed by atoms with Crippen molar-refractivity contribution in [1.29, 1.82) is 0 Å². The van der Waals surface area contributed by atoms with E-state index in [2.05, 4.69) is 76.2 Å². The Morgan fingerprint density at radius 3 is 1.12 bits per heavy atom. The van der Waals surface area contributed by atoms with Gasteiger partial charge in [-0.25, -0.2) is 11.4 Å². The zero-order valence-corrected chi connectivity index (χ0v) is 57.5. The quantitative estimate of drug-likeness (QED) is 0.0797. The highest BCUT2D eigenvalue weighted by Crippen LogP contribution is 2.40. The van der Waals surface area contributed by atoms with Crippen LogP contribution in [-0.2, 0) is 24.0 Å². The van der Waals surface area contributed by atoms with Crippen LogP contribution < -0.4 is 38.9 Å². The van der Waals surface area contributed by atoms with E-state index in [1.54, 1.807) is 0 Å². The monoisotopic (exact) mass is 1290 g/mol. The van der Waals surface area contributed by atoms with Crippen LogP contribution in [0.2, 0.25) is 0 Å². The highest BCUT2D eigenvalue weighted by Gasteiger charge is 2.48. The molecule has 8 aliphatic carbocycles. The molecular formula is C70H128N8O13. The molecule has 2 spiro atoms. The van der Waals surface area contributed by atoms with Gasteiger partial charge in [-0.05, 0) is 259 Å². The number of nitrogens with two attached hydrogens (primary N) is 4. The smallest absolute Gasteiger partial charge is 0.322 e. The summed E-state index contributed by atoms with van der Waals surface area (Å²) in [6.45, 7) is 24.7. The highest BCUT2D eigenvalue weighted by molar-refractivity contribution is 6.07. The van der Waals surface area contributed by atoms with Gasteiger partial charge in [-0.1, -0.05) is 55.4 Å². The minimum absolute atomic E-state index is 0.0697. The number of nitrogens with zero attached hydrogens (tertiary/aromatic N) is 1. The van der Waals surface area contributed by atoms with Crippen LogP contribution in [0, 0.1) is 53.9 Å². The van der Waals surface area contributed by atoms with Crippen molar-refractivity contribution >= 4 is 35.6 Å². The van der Waals surface area contributed by atoms with Crippen molar-refractivity contribution in [2.45, 2.75) is 331 Å². The van der Waals surface area contributed by atoms with Crippen LogP contribution in [0.1, 0.15) is 287 Å². The highest BCUT2D eigenvalue weighted by atomic mass is 16.4. The van der Waals surface area contributed by atoms with Gasteiger partial charge in [0.15, 0.2) is 0 Å². The first kappa shape index (κ1) is 81.2. The number of primary amides is 2. The number of carbonyl (C=O) groups excluding carboxylic acids is 5. The molecule has 6 amide bonds. The Balaban J connectivity index is 0.000000272. The molecule has 8 saturated carbocycles. The predicted molar refractivity (Wildman–Crippen MR) is 355 cm³/mol. The summed E-state index contributed by atoms with van der Waals surface area (Å²) in [6, 6.07) is -0.334. The van der Waals surface area contributed by atoms with Crippen molar-refractivity contribution in [2.75, 3.05) is 19.8 Å². The molecule has 0 aromatic rings. The molecule has 0 radical (unpaired) electrons. The van der Waals surface area contributed by atoms with Crippen molar-refractivity contribution < 1.29 is 64.5 Å². The number of urea groups is 1. The minimum Gasteiger partial charge on any atom is -0.481 e. The Hall–Kier alpha value is -4.01. The molecule has 2 saturated heterocycles. The summed E-state index contributed by atoms with van der Waals surface area (Å²) in [4.78, 5) is 68.7. The first-order valence-electron chi connectivity index (χ1n) is 35.2. The molecule has 18 N–H and O–H groups in total.